The summed E-state index contributed by atoms with van der Waals surface area (Å²) in [4.78, 5) is 10.5. The highest BCUT2D eigenvalue weighted by Gasteiger charge is 2.33. The minimum Gasteiger partial charge on any atom is -0.481 e. The van der Waals surface area contributed by atoms with Crippen molar-refractivity contribution in [1.82, 2.24) is 0 Å². The standard InChI is InChI=1S/C11H30O4Si4/c1-17(2,3)15-19(6,7)16-14-18(4,5)10-8-9-11(12)13/h8-10,16H2,1-7H3,(H,12,13). The molecule has 114 valence electrons. The molecule has 0 spiro atoms. The number of aliphatic carboxylic acids is 1. The van der Waals surface area contributed by atoms with Gasteiger partial charge in [-0.2, -0.15) is 0 Å². The maximum Gasteiger partial charge on any atom is 0.303 e. The SMILES string of the molecule is C[Si](C)(C)O[Si](C)(C)[SiH2]O[Si](C)(C)CCCC(=O)O. The fourth-order valence-electron chi connectivity index (χ4n) is 1.97. The van der Waals surface area contributed by atoms with Gasteiger partial charge < -0.3 is 13.3 Å². The minimum absolute atomic E-state index is 0.258. The lowest BCUT2D eigenvalue weighted by molar-refractivity contribution is -0.137. The van der Waals surface area contributed by atoms with Gasteiger partial charge in [0, 0.05) is 6.42 Å². The van der Waals surface area contributed by atoms with Crippen molar-refractivity contribution in [2.24, 2.45) is 0 Å². The molecule has 0 aliphatic heterocycles. The quantitative estimate of drug-likeness (QED) is 0.657. The zero-order valence-electron chi connectivity index (χ0n) is 13.5. The van der Waals surface area contributed by atoms with E-state index in [1.165, 1.54) is 0 Å². The Kier molecular flexibility index (Phi) is 7.42. The van der Waals surface area contributed by atoms with Crippen LogP contribution >= 0.6 is 0 Å². The molecular weight excluding hydrogens is 308 g/mol. The summed E-state index contributed by atoms with van der Waals surface area (Å²) in [6.45, 7) is 15.6. The van der Waals surface area contributed by atoms with Gasteiger partial charge in [-0.3, -0.25) is 4.79 Å². The number of hydrogen-bond donors (Lipinski definition) is 1. The molecule has 0 saturated carbocycles. The van der Waals surface area contributed by atoms with Crippen LogP contribution in [0.3, 0.4) is 0 Å². The molecule has 0 atom stereocenters. The molecule has 0 unspecified atom stereocenters. The summed E-state index contributed by atoms with van der Waals surface area (Å²) in [6.07, 6.45) is 0.993. The Morgan fingerprint density at radius 3 is 2.05 bits per heavy atom. The average molecular weight is 339 g/mol. The number of rotatable bonds is 9. The van der Waals surface area contributed by atoms with Crippen molar-refractivity contribution in [2.45, 2.75) is 64.7 Å². The van der Waals surface area contributed by atoms with Crippen molar-refractivity contribution in [3.05, 3.63) is 0 Å². The van der Waals surface area contributed by atoms with Crippen LogP contribution in [-0.4, -0.2) is 44.8 Å². The van der Waals surface area contributed by atoms with E-state index >= 15 is 0 Å². The van der Waals surface area contributed by atoms with Crippen molar-refractivity contribution < 1.29 is 18.1 Å². The van der Waals surface area contributed by atoms with Gasteiger partial charge in [-0.05, 0) is 58.3 Å². The molecular formula is C11H30O4Si4. The molecule has 0 fully saturated rings. The predicted octanol–water partition coefficient (Wildman–Crippen LogP) is 2.71. The summed E-state index contributed by atoms with van der Waals surface area (Å²) < 4.78 is 12.6. The second-order valence-corrected chi connectivity index (χ2v) is 27.3. The van der Waals surface area contributed by atoms with E-state index in [1.54, 1.807) is 0 Å². The summed E-state index contributed by atoms with van der Waals surface area (Å²) in [6, 6.07) is 0.934. The average Bonchev–Trinajstić information content (AvgIpc) is 2.10. The highest BCUT2D eigenvalue weighted by Crippen LogP contribution is 2.18. The molecule has 0 radical (unpaired) electrons. The minimum atomic E-state index is -1.69. The number of carboxylic acid groups (broad SMARTS) is 1. The van der Waals surface area contributed by atoms with Crippen LogP contribution in [0.4, 0.5) is 0 Å². The molecule has 0 amide bonds. The summed E-state index contributed by atoms with van der Waals surface area (Å²) >= 11 is 0. The Bertz CT molecular complexity index is 300. The van der Waals surface area contributed by atoms with Gasteiger partial charge in [0.1, 0.15) is 0 Å². The fourth-order valence-corrected chi connectivity index (χ4v) is 24.5. The smallest absolute Gasteiger partial charge is 0.303 e. The Morgan fingerprint density at radius 1 is 1.11 bits per heavy atom. The molecule has 0 aromatic rings. The second-order valence-electron chi connectivity index (χ2n) is 7.27. The molecule has 0 aromatic carbocycles. The highest BCUT2D eigenvalue weighted by molar-refractivity contribution is 7.21. The van der Waals surface area contributed by atoms with E-state index in [0.29, 0.717) is 0 Å². The van der Waals surface area contributed by atoms with Crippen molar-refractivity contribution in [2.75, 3.05) is 0 Å². The van der Waals surface area contributed by atoms with E-state index in [2.05, 4.69) is 45.8 Å². The largest absolute Gasteiger partial charge is 0.481 e. The zero-order valence-corrected chi connectivity index (χ0v) is 17.9. The van der Waals surface area contributed by atoms with E-state index < -0.39 is 39.7 Å². The van der Waals surface area contributed by atoms with Crippen LogP contribution in [0.2, 0.25) is 51.9 Å². The number of hydrogen-bond acceptors (Lipinski definition) is 3. The lowest BCUT2D eigenvalue weighted by Crippen LogP contribution is -2.51. The van der Waals surface area contributed by atoms with Crippen molar-refractivity contribution >= 4 is 39.7 Å². The molecule has 1 N–H and O–H groups in total. The molecule has 0 aromatic heterocycles. The number of carbonyl (C=O) groups is 1. The van der Waals surface area contributed by atoms with E-state index in [-0.39, 0.29) is 6.42 Å². The number of carboxylic acids is 1. The first-order valence-electron chi connectivity index (χ1n) is 6.89. The fraction of sp³-hybridized carbons (Fsp3) is 0.909. The van der Waals surface area contributed by atoms with Gasteiger partial charge in [0.15, 0.2) is 33.8 Å². The first kappa shape index (κ1) is 19.3. The molecule has 0 aliphatic rings. The Balaban J connectivity index is 4.17. The van der Waals surface area contributed by atoms with Crippen LogP contribution in [0.15, 0.2) is 0 Å². The van der Waals surface area contributed by atoms with Crippen LogP contribution in [0, 0.1) is 0 Å². The van der Waals surface area contributed by atoms with Gasteiger partial charge in [-0.15, -0.1) is 0 Å². The van der Waals surface area contributed by atoms with Gasteiger partial charge in [-0.1, -0.05) is 0 Å². The highest BCUT2D eigenvalue weighted by atomic mass is 29.2. The Hall–Kier alpha value is 0.258. The summed E-state index contributed by atoms with van der Waals surface area (Å²) in [5.74, 6) is -0.709. The Labute approximate surface area is 123 Å². The molecule has 0 aliphatic carbocycles. The topological polar surface area (TPSA) is 55.8 Å². The van der Waals surface area contributed by atoms with Gasteiger partial charge in [-0.25, -0.2) is 0 Å². The zero-order chi connectivity index (χ0) is 15.3. The maximum atomic E-state index is 10.5. The van der Waals surface area contributed by atoms with Crippen LogP contribution in [0.5, 0.6) is 0 Å². The van der Waals surface area contributed by atoms with Crippen LogP contribution in [-0.2, 0) is 13.0 Å². The molecule has 0 heterocycles. The van der Waals surface area contributed by atoms with E-state index in [4.69, 9.17) is 13.3 Å². The van der Waals surface area contributed by atoms with Crippen LogP contribution < -0.4 is 0 Å². The normalized spacial score (nSPS) is 14.3. The van der Waals surface area contributed by atoms with E-state index in [1.807, 2.05) is 0 Å². The lowest BCUT2D eigenvalue weighted by atomic mass is 10.3. The van der Waals surface area contributed by atoms with Gasteiger partial charge >= 0.3 is 5.97 Å². The van der Waals surface area contributed by atoms with Crippen molar-refractivity contribution in [3.8, 4) is 0 Å². The summed E-state index contributed by atoms with van der Waals surface area (Å²) in [7, 11) is -5.40. The van der Waals surface area contributed by atoms with E-state index in [9.17, 15) is 4.79 Å². The van der Waals surface area contributed by atoms with Crippen molar-refractivity contribution in [3.63, 3.8) is 0 Å². The second kappa shape index (κ2) is 7.32. The predicted molar refractivity (Wildman–Crippen MR) is 90.7 cm³/mol. The summed E-state index contributed by atoms with van der Waals surface area (Å²) in [5, 5.41) is 8.67. The van der Waals surface area contributed by atoms with E-state index in [0.717, 1.165) is 12.5 Å². The first-order chi connectivity index (χ1) is 8.33. The molecule has 4 nitrogen and oxygen atoms in total. The van der Waals surface area contributed by atoms with Gasteiger partial charge in [0.05, 0.1) is 0 Å². The molecule has 0 saturated heterocycles. The third kappa shape index (κ3) is 11.8. The third-order valence-electron chi connectivity index (χ3n) is 2.56. The first-order valence-corrected chi connectivity index (χ1v) is 19.2. The molecule has 0 bridgehead atoms. The van der Waals surface area contributed by atoms with Gasteiger partial charge in [0.25, 0.3) is 0 Å². The van der Waals surface area contributed by atoms with Crippen LogP contribution in [0.1, 0.15) is 12.8 Å². The third-order valence-corrected chi connectivity index (χ3v) is 17.9. The molecule has 0 rings (SSSR count). The Morgan fingerprint density at radius 2 is 1.63 bits per heavy atom. The summed E-state index contributed by atoms with van der Waals surface area (Å²) in [5.41, 5.74) is 0. The maximum absolute atomic E-state index is 10.5. The molecule has 19 heavy (non-hydrogen) atoms. The molecule has 8 heteroatoms. The lowest BCUT2D eigenvalue weighted by Gasteiger charge is -2.34. The van der Waals surface area contributed by atoms with Crippen LogP contribution in [0.25, 0.3) is 0 Å². The van der Waals surface area contributed by atoms with Gasteiger partial charge in [0.2, 0.25) is 0 Å². The van der Waals surface area contributed by atoms with Crippen molar-refractivity contribution in [1.29, 1.82) is 0 Å². The monoisotopic (exact) mass is 338 g/mol.